The van der Waals surface area contributed by atoms with Crippen molar-refractivity contribution in [2.75, 3.05) is 13.2 Å². The number of amides is 1. The Balaban J connectivity index is 1.33. The molecule has 1 aliphatic carbocycles. The molecule has 6 nitrogen and oxygen atoms in total. The van der Waals surface area contributed by atoms with E-state index in [9.17, 15) is 15.0 Å². The average Bonchev–Trinajstić information content (AvgIpc) is 3.14. The number of carbonyl (C=O) groups is 1. The zero-order valence-corrected chi connectivity index (χ0v) is 16.7. The van der Waals surface area contributed by atoms with E-state index in [-0.39, 0.29) is 19.1 Å². The van der Waals surface area contributed by atoms with Crippen LogP contribution in [0.15, 0.2) is 72.8 Å². The van der Waals surface area contributed by atoms with Gasteiger partial charge in [0.1, 0.15) is 18.8 Å². The molecule has 0 radical (unpaired) electrons. The molecule has 0 heterocycles. The van der Waals surface area contributed by atoms with E-state index in [1.165, 1.54) is 0 Å². The van der Waals surface area contributed by atoms with Crippen LogP contribution in [-0.2, 0) is 4.74 Å². The van der Waals surface area contributed by atoms with Crippen molar-refractivity contribution >= 4 is 6.09 Å². The maximum Gasteiger partial charge on any atom is 0.407 e. The Hall–Kier alpha value is -3.66. The van der Waals surface area contributed by atoms with Crippen molar-refractivity contribution in [3.63, 3.8) is 0 Å². The summed E-state index contributed by atoms with van der Waals surface area (Å²) in [6, 6.07) is 24.4. The summed E-state index contributed by atoms with van der Waals surface area (Å²) in [5.41, 5.74) is 5.45. The third-order valence-corrected chi connectivity index (χ3v) is 5.54. The molecule has 0 fully saturated rings. The largest absolute Gasteiger partial charge is 0.449 e. The zero-order chi connectivity index (χ0) is 21.8. The van der Waals surface area contributed by atoms with Gasteiger partial charge in [0.05, 0.1) is 11.6 Å². The molecule has 0 saturated heterocycles. The van der Waals surface area contributed by atoms with Crippen LogP contribution in [-0.4, -0.2) is 35.6 Å². The molecule has 156 valence electrons. The number of benzene rings is 3. The van der Waals surface area contributed by atoms with Crippen molar-refractivity contribution in [3.05, 3.63) is 95.1 Å². The van der Waals surface area contributed by atoms with E-state index in [1.54, 1.807) is 24.3 Å². The standard InChI is InChI=1S/C25H22N2O4/c26-13-16-9-11-17(12-10-16)24(29)23(28)14-27-25(30)31-15-22-20-7-3-1-5-18(20)19-6-2-4-8-21(19)22/h1-12,22-24,28-29H,14-15H2,(H,27,30). The second kappa shape index (κ2) is 9.00. The van der Waals surface area contributed by atoms with Crippen LogP contribution in [0.4, 0.5) is 4.79 Å². The van der Waals surface area contributed by atoms with Crippen LogP contribution >= 0.6 is 0 Å². The van der Waals surface area contributed by atoms with Gasteiger partial charge in [-0.15, -0.1) is 0 Å². The topological polar surface area (TPSA) is 103 Å². The normalized spacial score (nSPS) is 14.1. The van der Waals surface area contributed by atoms with Crippen LogP contribution < -0.4 is 5.32 Å². The smallest absolute Gasteiger partial charge is 0.407 e. The highest BCUT2D eigenvalue weighted by Gasteiger charge is 2.29. The Morgan fingerprint density at radius 1 is 0.968 bits per heavy atom. The van der Waals surface area contributed by atoms with Crippen LogP contribution in [0, 0.1) is 11.3 Å². The lowest BCUT2D eigenvalue weighted by Gasteiger charge is -2.19. The fraction of sp³-hybridized carbons (Fsp3) is 0.200. The molecule has 4 rings (SSSR count). The van der Waals surface area contributed by atoms with Gasteiger partial charge in [-0.3, -0.25) is 0 Å². The SMILES string of the molecule is N#Cc1ccc(C(O)C(O)CNC(=O)OCC2c3ccccc3-c3ccccc32)cc1. The lowest BCUT2D eigenvalue weighted by atomic mass is 9.98. The molecule has 0 saturated carbocycles. The van der Waals surface area contributed by atoms with E-state index in [0.717, 1.165) is 22.3 Å². The molecule has 31 heavy (non-hydrogen) atoms. The number of hydrogen-bond acceptors (Lipinski definition) is 5. The van der Waals surface area contributed by atoms with E-state index >= 15 is 0 Å². The maximum atomic E-state index is 12.2. The highest BCUT2D eigenvalue weighted by atomic mass is 16.5. The van der Waals surface area contributed by atoms with Crippen LogP contribution in [0.2, 0.25) is 0 Å². The molecule has 2 unspecified atom stereocenters. The van der Waals surface area contributed by atoms with Crippen molar-refractivity contribution in [2.24, 2.45) is 0 Å². The van der Waals surface area contributed by atoms with Crippen molar-refractivity contribution in [2.45, 2.75) is 18.1 Å². The number of aliphatic hydroxyl groups is 2. The Morgan fingerprint density at radius 3 is 2.13 bits per heavy atom. The molecule has 0 aliphatic heterocycles. The molecule has 3 N–H and O–H groups in total. The van der Waals surface area contributed by atoms with Gasteiger partial charge in [-0.25, -0.2) is 4.79 Å². The van der Waals surface area contributed by atoms with Crippen LogP contribution in [0.3, 0.4) is 0 Å². The molecule has 3 aromatic rings. The number of ether oxygens (including phenoxy) is 1. The molecule has 0 bridgehead atoms. The lowest BCUT2D eigenvalue weighted by Crippen LogP contribution is -2.36. The van der Waals surface area contributed by atoms with Gasteiger partial charge in [-0.05, 0) is 39.9 Å². The van der Waals surface area contributed by atoms with Crippen molar-refractivity contribution < 1.29 is 19.7 Å². The van der Waals surface area contributed by atoms with Crippen molar-refractivity contribution in [1.29, 1.82) is 5.26 Å². The number of alkyl carbamates (subject to hydrolysis) is 1. The van der Waals surface area contributed by atoms with Gasteiger partial charge < -0.3 is 20.3 Å². The van der Waals surface area contributed by atoms with Crippen molar-refractivity contribution in [3.8, 4) is 17.2 Å². The number of carbonyl (C=O) groups excluding carboxylic acids is 1. The van der Waals surface area contributed by atoms with Crippen LogP contribution in [0.5, 0.6) is 0 Å². The number of nitriles is 1. The zero-order valence-electron chi connectivity index (χ0n) is 16.7. The van der Waals surface area contributed by atoms with Gasteiger partial charge >= 0.3 is 6.09 Å². The molecule has 0 spiro atoms. The average molecular weight is 414 g/mol. The fourth-order valence-electron chi connectivity index (χ4n) is 3.93. The van der Waals surface area contributed by atoms with Gasteiger partial charge in [-0.2, -0.15) is 5.26 Å². The minimum atomic E-state index is -1.21. The molecular formula is C25H22N2O4. The van der Waals surface area contributed by atoms with Crippen molar-refractivity contribution in [1.82, 2.24) is 5.32 Å². The minimum absolute atomic E-state index is 0.0488. The van der Waals surface area contributed by atoms with Gasteiger partial charge in [0.2, 0.25) is 0 Å². The number of aliphatic hydroxyl groups excluding tert-OH is 2. The Bertz CT molecular complexity index is 1080. The number of rotatable bonds is 6. The number of hydrogen-bond donors (Lipinski definition) is 3. The molecule has 6 heteroatoms. The summed E-state index contributed by atoms with van der Waals surface area (Å²) in [4.78, 5) is 12.2. The number of nitrogens with one attached hydrogen (secondary N) is 1. The Labute approximate surface area is 180 Å². The Kier molecular flexibility index (Phi) is 5.99. The highest BCUT2D eigenvalue weighted by molar-refractivity contribution is 5.79. The predicted molar refractivity (Wildman–Crippen MR) is 115 cm³/mol. The first kappa shape index (κ1) is 20.6. The summed E-state index contributed by atoms with van der Waals surface area (Å²) in [6.07, 6.45) is -3.07. The van der Waals surface area contributed by atoms with Gasteiger partial charge in [0.25, 0.3) is 0 Å². The number of fused-ring (bicyclic) bond motifs is 3. The summed E-state index contributed by atoms with van der Waals surface area (Å²) in [6.45, 7) is 0.00593. The fourth-order valence-corrected chi connectivity index (χ4v) is 3.93. The monoisotopic (exact) mass is 414 g/mol. The predicted octanol–water partition coefficient (Wildman–Crippen LogP) is 3.49. The van der Waals surface area contributed by atoms with E-state index < -0.39 is 18.3 Å². The van der Waals surface area contributed by atoms with Gasteiger partial charge in [0, 0.05) is 12.5 Å². The van der Waals surface area contributed by atoms with E-state index in [0.29, 0.717) is 11.1 Å². The molecule has 1 aliphatic rings. The molecular weight excluding hydrogens is 392 g/mol. The third kappa shape index (κ3) is 4.29. The van der Waals surface area contributed by atoms with E-state index in [1.807, 2.05) is 42.5 Å². The van der Waals surface area contributed by atoms with E-state index in [4.69, 9.17) is 10.00 Å². The summed E-state index contributed by atoms with van der Waals surface area (Å²) < 4.78 is 5.43. The molecule has 2 atom stereocenters. The minimum Gasteiger partial charge on any atom is -0.449 e. The second-order valence-electron chi connectivity index (χ2n) is 7.45. The Morgan fingerprint density at radius 2 is 1.55 bits per heavy atom. The summed E-state index contributed by atoms with van der Waals surface area (Å²) in [5, 5.41) is 31.8. The first-order valence-corrected chi connectivity index (χ1v) is 10.0. The van der Waals surface area contributed by atoms with Gasteiger partial charge in [0.15, 0.2) is 0 Å². The highest BCUT2D eigenvalue weighted by Crippen LogP contribution is 2.44. The summed E-state index contributed by atoms with van der Waals surface area (Å²) >= 11 is 0. The second-order valence-corrected chi connectivity index (χ2v) is 7.45. The van der Waals surface area contributed by atoms with Gasteiger partial charge in [-0.1, -0.05) is 60.7 Å². The summed E-state index contributed by atoms with van der Waals surface area (Å²) in [5.74, 6) is -0.0488. The van der Waals surface area contributed by atoms with E-state index in [2.05, 4.69) is 17.4 Å². The first-order valence-electron chi connectivity index (χ1n) is 10.0. The molecule has 1 amide bonds. The maximum absolute atomic E-state index is 12.2. The quantitative estimate of drug-likeness (QED) is 0.573. The number of nitrogens with zero attached hydrogens (tertiary/aromatic N) is 1. The molecule has 0 aromatic heterocycles. The van der Waals surface area contributed by atoms with Crippen LogP contribution in [0.25, 0.3) is 11.1 Å². The first-order chi connectivity index (χ1) is 15.1. The molecule has 3 aromatic carbocycles. The van der Waals surface area contributed by atoms with Crippen LogP contribution in [0.1, 0.15) is 34.3 Å². The lowest BCUT2D eigenvalue weighted by molar-refractivity contribution is 0.0185. The third-order valence-electron chi connectivity index (χ3n) is 5.54. The summed E-state index contributed by atoms with van der Waals surface area (Å²) in [7, 11) is 0.